The van der Waals surface area contributed by atoms with E-state index in [0.717, 1.165) is 12.5 Å². The Balaban J connectivity index is 3.20. The van der Waals surface area contributed by atoms with Crippen molar-refractivity contribution in [2.24, 2.45) is 5.73 Å². The van der Waals surface area contributed by atoms with Crippen LogP contribution >= 0.6 is 0 Å². The van der Waals surface area contributed by atoms with Crippen LogP contribution in [0.25, 0.3) is 0 Å². The van der Waals surface area contributed by atoms with Crippen LogP contribution in [-0.2, 0) is 11.0 Å². The zero-order valence-electron chi connectivity index (χ0n) is 11.2. The number of anilines is 2. The molecule has 20 heavy (non-hydrogen) atoms. The average Bonchev–Trinajstić information content (AvgIpc) is 2.33. The van der Waals surface area contributed by atoms with Crippen LogP contribution in [0.15, 0.2) is 18.2 Å². The van der Waals surface area contributed by atoms with E-state index in [0.29, 0.717) is 13.0 Å². The largest absolute Gasteiger partial charge is 0.418 e. The molecule has 0 aromatic heterocycles. The number of carbonyl (C=O) groups excluding carboxylic acids is 1. The molecule has 0 atom stereocenters. The number of amides is 1. The van der Waals surface area contributed by atoms with E-state index in [1.165, 1.54) is 17.0 Å². The normalized spacial score (nSPS) is 11.4. The van der Waals surface area contributed by atoms with Crippen LogP contribution in [0.5, 0.6) is 0 Å². The van der Waals surface area contributed by atoms with Crippen LogP contribution in [0.3, 0.4) is 0 Å². The van der Waals surface area contributed by atoms with Crippen LogP contribution < -0.4 is 16.4 Å². The van der Waals surface area contributed by atoms with Gasteiger partial charge in [0, 0.05) is 17.9 Å². The molecule has 7 heteroatoms. The highest BCUT2D eigenvalue weighted by Gasteiger charge is 2.35. The maximum atomic E-state index is 13.0. The van der Waals surface area contributed by atoms with Crippen LogP contribution in [-0.4, -0.2) is 19.0 Å². The Kier molecular flexibility index (Phi) is 5.24. The highest BCUT2D eigenvalue weighted by Crippen LogP contribution is 2.37. The number of carbonyl (C=O) groups is 1. The van der Waals surface area contributed by atoms with E-state index in [4.69, 9.17) is 11.5 Å². The predicted molar refractivity (Wildman–Crippen MR) is 72.2 cm³/mol. The molecule has 1 aromatic rings. The highest BCUT2D eigenvalue weighted by atomic mass is 19.4. The first kappa shape index (κ1) is 16.1. The van der Waals surface area contributed by atoms with Crippen molar-refractivity contribution in [1.29, 1.82) is 0 Å². The monoisotopic (exact) mass is 289 g/mol. The van der Waals surface area contributed by atoms with E-state index in [2.05, 4.69) is 0 Å². The van der Waals surface area contributed by atoms with E-state index in [-0.39, 0.29) is 17.9 Å². The first-order valence-electron chi connectivity index (χ1n) is 6.25. The zero-order chi connectivity index (χ0) is 15.3. The minimum absolute atomic E-state index is 0.0237. The van der Waals surface area contributed by atoms with Gasteiger partial charge in [-0.1, -0.05) is 13.3 Å². The van der Waals surface area contributed by atoms with Crippen molar-refractivity contribution in [3.8, 4) is 0 Å². The number of primary amides is 1. The highest BCUT2D eigenvalue weighted by molar-refractivity contribution is 5.80. The molecule has 0 bridgehead atoms. The van der Waals surface area contributed by atoms with Crippen molar-refractivity contribution >= 4 is 17.3 Å². The van der Waals surface area contributed by atoms with Gasteiger partial charge >= 0.3 is 6.18 Å². The number of alkyl halides is 3. The van der Waals surface area contributed by atoms with Gasteiger partial charge in [0.1, 0.15) is 0 Å². The molecule has 0 aliphatic rings. The third-order valence-electron chi connectivity index (χ3n) is 2.79. The summed E-state index contributed by atoms with van der Waals surface area (Å²) in [4.78, 5) is 12.4. The van der Waals surface area contributed by atoms with Gasteiger partial charge in [-0.25, -0.2) is 0 Å². The second-order valence-corrected chi connectivity index (χ2v) is 4.52. The van der Waals surface area contributed by atoms with E-state index in [9.17, 15) is 18.0 Å². The number of nitrogens with zero attached hydrogens (tertiary/aromatic N) is 1. The molecular formula is C13H18F3N3O. The summed E-state index contributed by atoms with van der Waals surface area (Å²) in [5.74, 6) is -0.675. The van der Waals surface area contributed by atoms with Gasteiger partial charge in [-0.15, -0.1) is 0 Å². The standard InChI is InChI=1S/C13H18F3N3O/c1-2-3-6-19(8-12(18)20)11-5-4-9(17)7-10(11)13(14,15)16/h4-5,7H,2-3,6,8,17H2,1H3,(H2,18,20). The summed E-state index contributed by atoms with van der Waals surface area (Å²) in [5, 5.41) is 0. The Hall–Kier alpha value is -1.92. The van der Waals surface area contributed by atoms with Gasteiger partial charge in [0.25, 0.3) is 0 Å². The summed E-state index contributed by atoms with van der Waals surface area (Å²) in [6.45, 7) is 1.98. The molecule has 1 amide bonds. The van der Waals surface area contributed by atoms with Gasteiger partial charge in [-0.3, -0.25) is 4.79 Å². The molecule has 1 aromatic carbocycles. The van der Waals surface area contributed by atoms with Crippen molar-refractivity contribution in [2.45, 2.75) is 25.9 Å². The zero-order valence-corrected chi connectivity index (χ0v) is 11.2. The molecule has 0 aliphatic heterocycles. The van der Waals surface area contributed by atoms with Gasteiger partial charge in [-0.2, -0.15) is 13.2 Å². The maximum absolute atomic E-state index is 13.0. The summed E-state index contributed by atoms with van der Waals surface area (Å²) >= 11 is 0. The smallest absolute Gasteiger partial charge is 0.399 e. The molecule has 0 unspecified atom stereocenters. The van der Waals surface area contributed by atoms with Crippen molar-refractivity contribution in [2.75, 3.05) is 23.7 Å². The van der Waals surface area contributed by atoms with Gasteiger partial charge in [0.15, 0.2) is 0 Å². The van der Waals surface area contributed by atoms with Gasteiger partial charge in [-0.05, 0) is 24.6 Å². The molecule has 1 rings (SSSR count). The fraction of sp³-hybridized carbons (Fsp3) is 0.462. The van der Waals surface area contributed by atoms with Crippen LogP contribution in [0.2, 0.25) is 0 Å². The molecule has 0 saturated carbocycles. The molecule has 0 aliphatic carbocycles. The van der Waals surface area contributed by atoms with E-state index in [1.807, 2.05) is 6.92 Å². The molecule has 112 valence electrons. The fourth-order valence-electron chi connectivity index (χ4n) is 1.88. The molecule has 0 fully saturated rings. The summed E-state index contributed by atoms with van der Waals surface area (Å²) < 4.78 is 39.1. The SMILES string of the molecule is CCCCN(CC(N)=O)c1ccc(N)cc1C(F)(F)F. The average molecular weight is 289 g/mol. The molecule has 0 spiro atoms. The minimum atomic E-state index is -4.53. The molecular weight excluding hydrogens is 271 g/mol. The van der Waals surface area contributed by atoms with Gasteiger partial charge < -0.3 is 16.4 Å². The first-order chi connectivity index (χ1) is 9.25. The van der Waals surface area contributed by atoms with Crippen molar-refractivity contribution in [3.63, 3.8) is 0 Å². The Morgan fingerprint density at radius 2 is 2.00 bits per heavy atom. The second-order valence-electron chi connectivity index (χ2n) is 4.52. The number of rotatable bonds is 6. The second kappa shape index (κ2) is 6.49. The number of hydrogen-bond donors (Lipinski definition) is 2. The number of nitrogens with two attached hydrogens (primary N) is 2. The van der Waals surface area contributed by atoms with E-state index in [1.54, 1.807) is 0 Å². The van der Waals surface area contributed by atoms with Crippen molar-refractivity contribution in [3.05, 3.63) is 23.8 Å². The summed E-state index contributed by atoms with van der Waals surface area (Å²) in [7, 11) is 0. The van der Waals surface area contributed by atoms with Crippen LogP contribution in [0.4, 0.5) is 24.5 Å². The lowest BCUT2D eigenvalue weighted by atomic mass is 10.1. The third-order valence-corrected chi connectivity index (χ3v) is 2.79. The molecule has 0 heterocycles. The number of nitrogen functional groups attached to an aromatic ring is 1. The van der Waals surface area contributed by atoms with Crippen molar-refractivity contribution in [1.82, 2.24) is 0 Å². The summed E-state index contributed by atoms with van der Waals surface area (Å²) in [6, 6.07) is 3.52. The summed E-state index contributed by atoms with van der Waals surface area (Å²) in [6.07, 6.45) is -3.08. The lowest BCUT2D eigenvalue weighted by molar-refractivity contribution is -0.137. The third kappa shape index (κ3) is 4.32. The molecule has 0 saturated heterocycles. The number of halogens is 3. The lowest BCUT2D eigenvalue weighted by Crippen LogP contribution is -2.35. The lowest BCUT2D eigenvalue weighted by Gasteiger charge is -2.26. The fourth-order valence-corrected chi connectivity index (χ4v) is 1.88. The minimum Gasteiger partial charge on any atom is -0.399 e. The Labute approximate surface area is 115 Å². The van der Waals surface area contributed by atoms with Gasteiger partial charge in [0.05, 0.1) is 12.1 Å². The van der Waals surface area contributed by atoms with Crippen molar-refractivity contribution < 1.29 is 18.0 Å². The first-order valence-corrected chi connectivity index (χ1v) is 6.25. The molecule has 4 nitrogen and oxygen atoms in total. The van der Waals surface area contributed by atoms with E-state index < -0.39 is 17.6 Å². The Morgan fingerprint density at radius 1 is 1.35 bits per heavy atom. The summed E-state index contributed by atoms with van der Waals surface area (Å²) in [5.41, 5.74) is 9.62. The Bertz CT molecular complexity index is 474. The molecule has 0 radical (unpaired) electrons. The Morgan fingerprint density at radius 3 is 2.50 bits per heavy atom. The number of hydrogen-bond acceptors (Lipinski definition) is 3. The maximum Gasteiger partial charge on any atom is 0.418 e. The van der Waals surface area contributed by atoms with Gasteiger partial charge in [0.2, 0.25) is 5.91 Å². The number of benzene rings is 1. The van der Waals surface area contributed by atoms with Crippen LogP contribution in [0.1, 0.15) is 25.3 Å². The van der Waals surface area contributed by atoms with E-state index >= 15 is 0 Å². The van der Waals surface area contributed by atoms with Crippen LogP contribution in [0, 0.1) is 0 Å². The topological polar surface area (TPSA) is 72.3 Å². The number of unbranched alkanes of at least 4 members (excludes halogenated alkanes) is 1. The predicted octanol–water partition coefficient (Wildman–Crippen LogP) is 2.38. The molecule has 4 N–H and O–H groups in total. The quantitative estimate of drug-likeness (QED) is 0.790.